The minimum Gasteiger partial charge on any atom is -0.370 e. The number of nitrogens with two attached hydrogens (primary N) is 1. The van der Waals surface area contributed by atoms with Gasteiger partial charge in [0.15, 0.2) is 11.0 Å². The molecule has 0 saturated carbocycles. The van der Waals surface area contributed by atoms with Gasteiger partial charge in [0.05, 0.1) is 4.88 Å². The van der Waals surface area contributed by atoms with Gasteiger partial charge in [-0.05, 0) is 23.1 Å². The molecule has 3 aromatic heterocycles. The molecular formula is C15H15N5OS2. The van der Waals surface area contributed by atoms with Crippen LogP contribution in [0, 0.1) is 0 Å². The normalized spacial score (nSPS) is 10.8. The lowest BCUT2D eigenvalue weighted by Crippen LogP contribution is -2.14. The molecule has 118 valence electrons. The average molecular weight is 345 g/mol. The number of primary amides is 1. The first-order valence-corrected chi connectivity index (χ1v) is 8.87. The van der Waals surface area contributed by atoms with Crippen molar-refractivity contribution in [3.63, 3.8) is 0 Å². The summed E-state index contributed by atoms with van der Waals surface area (Å²) < 4.78 is 1.96. The molecular weight excluding hydrogens is 330 g/mol. The quantitative estimate of drug-likeness (QED) is 0.665. The van der Waals surface area contributed by atoms with Crippen LogP contribution in [0.4, 0.5) is 0 Å². The molecule has 6 nitrogen and oxygen atoms in total. The Hall–Kier alpha value is -2.19. The Morgan fingerprint density at radius 2 is 2.22 bits per heavy atom. The highest BCUT2D eigenvalue weighted by molar-refractivity contribution is 7.98. The number of thioether (sulfide) groups is 1. The molecule has 0 spiro atoms. The molecule has 0 saturated heterocycles. The largest absolute Gasteiger partial charge is 0.370 e. The van der Waals surface area contributed by atoms with E-state index in [2.05, 4.69) is 15.2 Å². The molecule has 3 aromatic rings. The highest BCUT2D eigenvalue weighted by atomic mass is 32.2. The Morgan fingerprint density at radius 3 is 2.91 bits per heavy atom. The second kappa shape index (κ2) is 7.38. The maximum atomic E-state index is 11.1. The lowest BCUT2D eigenvalue weighted by molar-refractivity contribution is -0.118. The van der Waals surface area contributed by atoms with Gasteiger partial charge >= 0.3 is 0 Å². The van der Waals surface area contributed by atoms with Gasteiger partial charge in [0.25, 0.3) is 0 Å². The highest BCUT2D eigenvalue weighted by Gasteiger charge is 2.15. The maximum absolute atomic E-state index is 11.1. The van der Waals surface area contributed by atoms with Crippen LogP contribution < -0.4 is 5.73 Å². The van der Waals surface area contributed by atoms with Crippen LogP contribution in [0.3, 0.4) is 0 Å². The number of nitrogens with zero attached hydrogens (tertiary/aromatic N) is 4. The lowest BCUT2D eigenvalue weighted by atomic mass is 10.3. The molecule has 0 aliphatic rings. The number of pyridine rings is 1. The van der Waals surface area contributed by atoms with Crippen molar-refractivity contribution in [1.29, 1.82) is 0 Å². The van der Waals surface area contributed by atoms with Gasteiger partial charge in [-0.3, -0.25) is 9.78 Å². The van der Waals surface area contributed by atoms with E-state index in [1.54, 1.807) is 29.3 Å². The summed E-state index contributed by atoms with van der Waals surface area (Å²) in [5.41, 5.74) is 6.40. The van der Waals surface area contributed by atoms with Crippen molar-refractivity contribution in [1.82, 2.24) is 19.7 Å². The van der Waals surface area contributed by atoms with E-state index in [1.165, 1.54) is 0 Å². The zero-order chi connectivity index (χ0) is 16.1. The highest BCUT2D eigenvalue weighted by Crippen LogP contribution is 2.28. The van der Waals surface area contributed by atoms with Gasteiger partial charge in [0, 0.05) is 31.1 Å². The van der Waals surface area contributed by atoms with Crippen LogP contribution >= 0.6 is 23.1 Å². The molecule has 0 aliphatic carbocycles. The van der Waals surface area contributed by atoms with Gasteiger partial charge in [0.2, 0.25) is 5.91 Å². The van der Waals surface area contributed by atoms with E-state index in [0.29, 0.717) is 6.54 Å². The smallest absolute Gasteiger partial charge is 0.219 e. The van der Waals surface area contributed by atoms with Crippen LogP contribution in [-0.2, 0) is 17.1 Å². The third kappa shape index (κ3) is 3.96. The minimum atomic E-state index is -0.334. The van der Waals surface area contributed by atoms with Crippen LogP contribution in [0.15, 0.2) is 47.2 Å². The number of carbonyl (C=O) groups is 1. The molecule has 8 heteroatoms. The van der Waals surface area contributed by atoms with Crippen LogP contribution in [0.5, 0.6) is 0 Å². The first-order chi connectivity index (χ1) is 11.2. The third-order valence-corrected chi connectivity index (χ3v) is 5.03. The maximum Gasteiger partial charge on any atom is 0.219 e. The van der Waals surface area contributed by atoms with Crippen molar-refractivity contribution in [2.45, 2.75) is 23.9 Å². The summed E-state index contributed by atoms with van der Waals surface area (Å²) in [6, 6.07) is 7.88. The zero-order valence-electron chi connectivity index (χ0n) is 12.3. The molecule has 2 N–H and O–H groups in total. The topological polar surface area (TPSA) is 86.7 Å². The van der Waals surface area contributed by atoms with Gasteiger partial charge in [-0.2, -0.15) is 0 Å². The van der Waals surface area contributed by atoms with Crippen molar-refractivity contribution in [2.24, 2.45) is 5.73 Å². The van der Waals surface area contributed by atoms with Gasteiger partial charge in [-0.25, -0.2) is 0 Å². The van der Waals surface area contributed by atoms with Gasteiger partial charge in [-0.15, -0.1) is 21.5 Å². The summed E-state index contributed by atoms with van der Waals surface area (Å²) in [5, 5.41) is 11.3. The number of aromatic nitrogens is 4. The number of thiophene rings is 1. The van der Waals surface area contributed by atoms with Crippen molar-refractivity contribution in [3.05, 3.63) is 47.6 Å². The Morgan fingerprint density at radius 1 is 1.30 bits per heavy atom. The molecule has 3 heterocycles. The molecule has 0 atom stereocenters. The number of amides is 1. The number of carbonyl (C=O) groups excluding carboxylic acids is 1. The summed E-state index contributed by atoms with van der Waals surface area (Å²) in [7, 11) is 0. The van der Waals surface area contributed by atoms with Crippen molar-refractivity contribution < 1.29 is 4.79 Å². The molecule has 0 fully saturated rings. The van der Waals surface area contributed by atoms with Gasteiger partial charge in [0.1, 0.15) is 0 Å². The Labute approximate surface area is 141 Å². The fourth-order valence-electron chi connectivity index (χ4n) is 2.04. The zero-order valence-corrected chi connectivity index (χ0v) is 13.9. The van der Waals surface area contributed by atoms with E-state index in [1.807, 2.05) is 40.4 Å². The van der Waals surface area contributed by atoms with E-state index in [4.69, 9.17) is 5.73 Å². The fraction of sp³-hybridized carbons (Fsp3) is 0.200. The Bertz CT molecular complexity index is 771. The van der Waals surface area contributed by atoms with Gasteiger partial charge < -0.3 is 10.3 Å². The number of rotatable bonds is 7. The molecule has 0 unspecified atom stereocenters. The van der Waals surface area contributed by atoms with Crippen molar-refractivity contribution in [2.75, 3.05) is 0 Å². The second-order valence-electron chi connectivity index (χ2n) is 4.80. The molecule has 23 heavy (non-hydrogen) atoms. The summed E-state index contributed by atoms with van der Waals surface area (Å²) in [5.74, 6) is 1.18. The monoisotopic (exact) mass is 345 g/mol. The van der Waals surface area contributed by atoms with Crippen LogP contribution in [0.2, 0.25) is 0 Å². The summed E-state index contributed by atoms with van der Waals surface area (Å²) in [6.45, 7) is 0.477. The SMILES string of the molecule is NC(=O)CCn1c(SCc2cccnc2)nnc1-c1cccs1. The molecule has 0 radical (unpaired) electrons. The van der Waals surface area contributed by atoms with Crippen molar-refractivity contribution >= 4 is 29.0 Å². The van der Waals surface area contributed by atoms with E-state index >= 15 is 0 Å². The van der Waals surface area contributed by atoms with E-state index < -0.39 is 0 Å². The van der Waals surface area contributed by atoms with Crippen molar-refractivity contribution in [3.8, 4) is 10.7 Å². The first-order valence-electron chi connectivity index (χ1n) is 7.01. The van der Waals surface area contributed by atoms with Crippen LogP contribution in [-0.4, -0.2) is 25.7 Å². The summed E-state index contributed by atoms with van der Waals surface area (Å²) >= 11 is 3.17. The molecule has 1 amide bonds. The third-order valence-electron chi connectivity index (χ3n) is 3.13. The standard InChI is InChI=1S/C15H15N5OS2/c16-13(21)5-7-20-14(12-4-2-8-22-12)18-19-15(20)23-10-11-3-1-6-17-9-11/h1-4,6,8-9H,5,7,10H2,(H2,16,21). The Kier molecular flexibility index (Phi) is 5.04. The predicted octanol–water partition coefficient (Wildman–Crippen LogP) is 2.57. The van der Waals surface area contributed by atoms with E-state index in [0.717, 1.165) is 27.2 Å². The van der Waals surface area contributed by atoms with E-state index in [9.17, 15) is 4.79 Å². The summed E-state index contributed by atoms with van der Waals surface area (Å²) in [4.78, 5) is 16.3. The molecule has 0 bridgehead atoms. The first kappa shape index (κ1) is 15.7. The number of hydrogen-bond donors (Lipinski definition) is 1. The fourth-order valence-corrected chi connectivity index (χ4v) is 3.65. The molecule has 0 aromatic carbocycles. The molecule has 0 aliphatic heterocycles. The van der Waals surface area contributed by atoms with Crippen LogP contribution in [0.1, 0.15) is 12.0 Å². The minimum absolute atomic E-state index is 0.261. The predicted molar refractivity (Wildman–Crippen MR) is 90.9 cm³/mol. The summed E-state index contributed by atoms with van der Waals surface area (Å²) in [6.07, 6.45) is 3.84. The number of hydrogen-bond acceptors (Lipinski definition) is 6. The molecule has 3 rings (SSSR count). The Balaban J connectivity index is 1.82. The van der Waals surface area contributed by atoms with Crippen LogP contribution in [0.25, 0.3) is 10.7 Å². The second-order valence-corrected chi connectivity index (χ2v) is 6.69. The van der Waals surface area contributed by atoms with E-state index in [-0.39, 0.29) is 12.3 Å². The average Bonchev–Trinajstić information content (AvgIpc) is 3.21. The van der Waals surface area contributed by atoms with Gasteiger partial charge in [-0.1, -0.05) is 23.9 Å². The lowest BCUT2D eigenvalue weighted by Gasteiger charge is -2.08.